The molecule has 2 aromatic carbocycles. The van der Waals surface area contributed by atoms with E-state index in [9.17, 15) is 5.26 Å². The van der Waals surface area contributed by atoms with Gasteiger partial charge in [0.05, 0.1) is 23.7 Å². The Labute approximate surface area is 144 Å². The Morgan fingerprint density at radius 1 is 1.20 bits per heavy atom. The summed E-state index contributed by atoms with van der Waals surface area (Å²) in [6, 6.07) is 16.9. The van der Waals surface area contributed by atoms with Crippen LogP contribution in [-0.2, 0) is 0 Å². The number of hydrogen-bond acceptors (Lipinski definition) is 5. The van der Waals surface area contributed by atoms with Crippen molar-refractivity contribution < 1.29 is 9.47 Å². The van der Waals surface area contributed by atoms with Crippen LogP contribution in [0, 0.1) is 22.7 Å². The molecule has 0 aliphatic heterocycles. The highest BCUT2D eigenvalue weighted by atomic mass is 16.5. The maximum absolute atomic E-state index is 9.56. The van der Waals surface area contributed by atoms with E-state index in [-0.39, 0.29) is 6.61 Å². The van der Waals surface area contributed by atoms with Crippen molar-refractivity contribution in [3.8, 4) is 23.6 Å². The number of rotatable bonds is 5. The van der Waals surface area contributed by atoms with Crippen LogP contribution in [0.25, 0.3) is 22.7 Å². The van der Waals surface area contributed by atoms with Crippen molar-refractivity contribution >= 4 is 22.7 Å². The van der Waals surface area contributed by atoms with Crippen LogP contribution in [0.1, 0.15) is 11.4 Å². The SMILES string of the molecule is COc1cccc(C=C(C#N)c2nc3ccccc3[nH]2)c1OCC#N. The van der Waals surface area contributed by atoms with Gasteiger partial charge in [-0.3, -0.25) is 0 Å². The first-order chi connectivity index (χ1) is 12.3. The lowest BCUT2D eigenvalue weighted by Crippen LogP contribution is -1.99. The number of nitriles is 2. The molecule has 6 nitrogen and oxygen atoms in total. The lowest BCUT2D eigenvalue weighted by molar-refractivity contribution is 0.329. The molecule has 6 heteroatoms. The molecule has 0 saturated carbocycles. The van der Waals surface area contributed by atoms with Crippen LogP contribution in [0.4, 0.5) is 0 Å². The van der Waals surface area contributed by atoms with E-state index in [0.29, 0.717) is 28.5 Å². The molecule has 1 aromatic heterocycles. The van der Waals surface area contributed by atoms with Gasteiger partial charge >= 0.3 is 0 Å². The van der Waals surface area contributed by atoms with E-state index in [2.05, 4.69) is 16.0 Å². The number of fused-ring (bicyclic) bond motifs is 1. The smallest absolute Gasteiger partial charge is 0.174 e. The number of methoxy groups -OCH3 is 1. The topological polar surface area (TPSA) is 94.7 Å². The third-order valence-corrected chi connectivity index (χ3v) is 3.58. The number of imidazole rings is 1. The summed E-state index contributed by atoms with van der Waals surface area (Å²) in [5, 5.41) is 18.3. The van der Waals surface area contributed by atoms with Gasteiger partial charge in [-0.25, -0.2) is 4.98 Å². The van der Waals surface area contributed by atoms with Crippen molar-refractivity contribution in [1.82, 2.24) is 9.97 Å². The minimum absolute atomic E-state index is 0.117. The van der Waals surface area contributed by atoms with E-state index in [0.717, 1.165) is 11.0 Å². The fraction of sp³-hybridized carbons (Fsp3) is 0.105. The highest BCUT2D eigenvalue weighted by Crippen LogP contribution is 2.33. The van der Waals surface area contributed by atoms with Gasteiger partial charge in [-0.1, -0.05) is 24.3 Å². The number of aromatic amines is 1. The molecule has 0 bridgehead atoms. The highest BCUT2D eigenvalue weighted by Gasteiger charge is 2.13. The van der Waals surface area contributed by atoms with E-state index in [1.165, 1.54) is 7.11 Å². The van der Waals surface area contributed by atoms with Gasteiger partial charge in [0.2, 0.25) is 0 Å². The first-order valence-corrected chi connectivity index (χ1v) is 7.50. The second-order valence-corrected chi connectivity index (χ2v) is 5.10. The molecule has 0 aliphatic rings. The Hall–Kier alpha value is -3.77. The average Bonchev–Trinajstić information content (AvgIpc) is 3.08. The highest BCUT2D eigenvalue weighted by molar-refractivity contribution is 5.91. The fourth-order valence-corrected chi connectivity index (χ4v) is 2.46. The summed E-state index contributed by atoms with van der Waals surface area (Å²) >= 11 is 0. The number of H-pyrrole nitrogens is 1. The van der Waals surface area contributed by atoms with Crippen LogP contribution in [0.15, 0.2) is 42.5 Å². The van der Waals surface area contributed by atoms with Gasteiger partial charge < -0.3 is 14.5 Å². The second-order valence-electron chi connectivity index (χ2n) is 5.10. The van der Waals surface area contributed by atoms with Crippen LogP contribution in [-0.4, -0.2) is 23.7 Å². The molecule has 1 heterocycles. The molecule has 3 rings (SSSR count). The van der Waals surface area contributed by atoms with Crippen molar-refractivity contribution in [1.29, 1.82) is 10.5 Å². The summed E-state index contributed by atoms with van der Waals surface area (Å²) in [7, 11) is 1.52. The molecule has 0 unspecified atom stereocenters. The number of aromatic nitrogens is 2. The van der Waals surface area contributed by atoms with Crippen molar-refractivity contribution in [2.45, 2.75) is 0 Å². The minimum Gasteiger partial charge on any atom is -0.493 e. The summed E-state index contributed by atoms with van der Waals surface area (Å²) in [4.78, 5) is 7.58. The molecule has 1 N–H and O–H groups in total. The Morgan fingerprint density at radius 3 is 2.76 bits per heavy atom. The lowest BCUT2D eigenvalue weighted by Gasteiger charge is -2.11. The number of ether oxygens (including phenoxy) is 2. The van der Waals surface area contributed by atoms with E-state index in [1.807, 2.05) is 30.3 Å². The summed E-state index contributed by atoms with van der Waals surface area (Å²) in [6.45, 7) is -0.117. The molecule has 0 atom stereocenters. The van der Waals surface area contributed by atoms with Crippen molar-refractivity contribution in [3.63, 3.8) is 0 Å². The fourth-order valence-electron chi connectivity index (χ4n) is 2.46. The molecule has 0 spiro atoms. The van der Waals surface area contributed by atoms with Crippen LogP contribution in [0.2, 0.25) is 0 Å². The quantitative estimate of drug-likeness (QED) is 0.722. The molecule has 3 aromatic rings. The van der Waals surface area contributed by atoms with Gasteiger partial charge in [-0.15, -0.1) is 0 Å². The Balaban J connectivity index is 2.08. The third kappa shape index (κ3) is 3.29. The van der Waals surface area contributed by atoms with Crippen molar-refractivity contribution in [3.05, 3.63) is 53.9 Å². The van der Waals surface area contributed by atoms with Crippen LogP contribution in [0.3, 0.4) is 0 Å². The maximum atomic E-state index is 9.56. The normalized spacial score (nSPS) is 10.9. The number of hydrogen-bond donors (Lipinski definition) is 1. The zero-order valence-electron chi connectivity index (χ0n) is 13.5. The number of nitrogens with one attached hydrogen (secondary N) is 1. The lowest BCUT2D eigenvalue weighted by atomic mass is 10.1. The van der Waals surface area contributed by atoms with Gasteiger partial charge in [-0.2, -0.15) is 10.5 Å². The molecule has 0 saturated heterocycles. The number of benzene rings is 2. The van der Waals surface area contributed by atoms with E-state index in [4.69, 9.17) is 14.7 Å². The predicted octanol–water partition coefficient (Wildman–Crippen LogP) is 3.54. The van der Waals surface area contributed by atoms with Crippen molar-refractivity contribution in [2.75, 3.05) is 13.7 Å². The van der Waals surface area contributed by atoms with Gasteiger partial charge in [0.15, 0.2) is 18.1 Å². The molecule has 0 amide bonds. The zero-order chi connectivity index (χ0) is 17.6. The van der Waals surface area contributed by atoms with Gasteiger partial charge in [-0.05, 0) is 24.3 Å². The van der Waals surface area contributed by atoms with Crippen LogP contribution in [0.5, 0.6) is 11.5 Å². The molecule has 0 fully saturated rings. The summed E-state index contributed by atoms with van der Waals surface area (Å²) in [5.41, 5.74) is 2.62. The second kappa shape index (κ2) is 7.20. The maximum Gasteiger partial charge on any atom is 0.174 e. The first kappa shape index (κ1) is 16.1. The Morgan fingerprint density at radius 2 is 2.04 bits per heavy atom. The van der Waals surface area contributed by atoms with E-state index in [1.54, 1.807) is 24.3 Å². The Kier molecular flexibility index (Phi) is 4.64. The van der Waals surface area contributed by atoms with Gasteiger partial charge in [0, 0.05) is 5.56 Å². The molecule has 25 heavy (non-hydrogen) atoms. The summed E-state index contributed by atoms with van der Waals surface area (Å²) in [5.74, 6) is 1.37. The molecule has 0 radical (unpaired) electrons. The number of allylic oxidation sites excluding steroid dienone is 1. The minimum atomic E-state index is -0.117. The van der Waals surface area contributed by atoms with Crippen LogP contribution >= 0.6 is 0 Å². The predicted molar refractivity (Wildman–Crippen MR) is 93.7 cm³/mol. The van der Waals surface area contributed by atoms with Gasteiger partial charge in [0.25, 0.3) is 0 Å². The molecular formula is C19H14N4O2. The number of nitrogens with zero attached hydrogens (tertiary/aromatic N) is 3. The molecule has 0 aliphatic carbocycles. The average molecular weight is 330 g/mol. The molecular weight excluding hydrogens is 316 g/mol. The largest absolute Gasteiger partial charge is 0.493 e. The standard InChI is InChI=1S/C19H14N4O2/c1-24-17-8-4-5-13(18(17)25-10-9-20)11-14(12-21)19-22-15-6-2-3-7-16(15)23-19/h2-8,11H,10H2,1H3,(H,22,23). The third-order valence-electron chi connectivity index (χ3n) is 3.58. The van der Waals surface area contributed by atoms with Crippen LogP contribution < -0.4 is 9.47 Å². The van der Waals surface area contributed by atoms with Crippen molar-refractivity contribution in [2.24, 2.45) is 0 Å². The number of para-hydroxylation sites is 3. The van der Waals surface area contributed by atoms with E-state index >= 15 is 0 Å². The van der Waals surface area contributed by atoms with E-state index < -0.39 is 0 Å². The summed E-state index contributed by atoms with van der Waals surface area (Å²) in [6.07, 6.45) is 1.66. The first-order valence-electron chi connectivity index (χ1n) is 7.50. The molecule has 122 valence electrons. The van der Waals surface area contributed by atoms with Gasteiger partial charge in [0.1, 0.15) is 18.0 Å². The summed E-state index contributed by atoms with van der Waals surface area (Å²) < 4.78 is 10.8. The zero-order valence-corrected chi connectivity index (χ0v) is 13.5. The monoisotopic (exact) mass is 330 g/mol. The Bertz CT molecular complexity index is 989.